The van der Waals surface area contributed by atoms with Gasteiger partial charge in [0.1, 0.15) is 12.2 Å². The minimum absolute atomic E-state index is 0.0301. The first-order valence-electron chi connectivity index (χ1n) is 20.2. The van der Waals surface area contributed by atoms with E-state index in [2.05, 4.69) is 39.5 Å². The van der Waals surface area contributed by atoms with Crippen LogP contribution in [0.1, 0.15) is 113 Å². The number of hydrogen-bond donors (Lipinski definition) is 2. The van der Waals surface area contributed by atoms with E-state index in [1.165, 1.54) is 12.8 Å². The highest BCUT2D eigenvalue weighted by Crippen LogP contribution is 2.89. The highest BCUT2D eigenvalue weighted by molar-refractivity contribution is 5.68. The monoisotopic (exact) mass is 705 g/mol. The molecular weight excluding hydrogens is 632 g/mol. The lowest BCUT2D eigenvalue weighted by Crippen LogP contribution is -2.60. The molecule has 3 unspecified atom stereocenters. The standard InChI is InChI=1S/C41H72N2O7/c1-11-49-34(37(5,6)46)29(48-10)24-27(2)28-25-32(44)39(8)31-13-12-30-36(3,4)33(14-15-40(30)26-41(31,40)17-16-38(28,39)7)50-35(45)43-20-18-42(19-21-43)22-23-47-9/h27-34,44,46H,11-26H2,1-10H3/t27-,28-,29?,30+,31?,32+,33+,34+,38-,39-,40-,41?/m1/s1. The predicted molar refractivity (Wildman–Crippen MR) is 195 cm³/mol. The molecule has 0 aromatic carbocycles. The third kappa shape index (κ3) is 5.89. The molecule has 0 aromatic rings. The number of hydrogen-bond acceptors (Lipinski definition) is 8. The Morgan fingerprint density at radius 3 is 2.24 bits per heavy atom. The van der Waals surface area contributed by atoms with E-state index in [4.69, 9.17) is 18.9 Å². The van der Waals surface area contributed by atoms with Crippen LogP contribution in [0.25, 0.3) is 0 Å². The summed E-state index contributed by atoms with van der Waals surface area (Å²) < 4.78 is 23.8. The number of carbonyl (C=O) groups is 1. The number of aliphatic hydroxyl groups excluding tert-OH is 1. The molecule has 6 rings (SSSR count). The van der Waals surface area contributed by atoms with Crippen molar-refractivity contribution >= 4 is 6.09 Å². The van der Waals surface area contributed by atoms with Gasteiger partial charge in [0.2, 0.25) is 0 Å². The molecule has 1 heterocycles. The molecule has 0 aromatic heterocycles. The molecule has 2 spiro atoms. The van der Waals surface area contributed by atoms with Crippen molar-refractivity contribution < 1.29 is 34.0 Å². The summed E-state index contributed by atoms with van der Waals surface area (Å²) in [7, 11) is 3.47. The second kappa shape index (κ2) is 13.7. The van der Waals surface area contributed by atoms with Crippen LogP contribution in [0.3, 0.4) is 0 Å². The molecule has 6 aliphatic rings. The lowest BCUT2D eigenvalue weighted by molar-refractivity contribution is -0.184. The second-order valence-electron chi connectivity index (χ2n) is 19.3. The molecular formula is C41H72N2O7. The predicted octanol–water partition coefficient (Wildman–Crippen LogP) is 6.38. The Labute approximate surface area is 303 Å². The fourth-order valence-electron chi connectivity index (χ4n) is 13.9. The maximum atomic E-state index is 13.5. The topological polar surface area (TPSA) is 101 Å². The number of fused-ring (bicyclic) bond motifs is 2. The van der Waals surface area contributed by atoms with Crippen molar-refractivity contribution in [1.29, 1.82) is 0 Å². The molecule has 1 saturated heterocycles. The summed E-state index contributed by atoms with van der Waals surface area (Å²) >= 11 is 0. The molecule has 288 valence electrons. The van der Waals surface area contributed by atoms with E-state index in [0.717, 1.165) is 71.2 Å². The first-order chi connectivity index (χ1) is 23.5. The van der Waals surface area contributed by atoms with Gasteiger partial charge in [0.05, 0.1) is 24.4 Å². The van der Waals surface area contributed by atoms with Crippen LogP contribution in [0.2, 0.25) is 0 Å². The van der Waals surface area contributed by atoms with Gasteiger partial charge < -0.3 is 34.1 Å². The van der Waals surface area contributed by atoms with Crippen molar-refractivity contribution in [2.45, 2.75) is 143 Å². The third-order valence-corrected chi connectivity index (χ3v) is 16.6. The second-order valence-corrected chi connectivity index (χ2v) is 19.3. The minimum atomic E-state index is -1.01. The molecule has 0 bridgehead atoms. The number of rotatable bonds is 12. The summed E-state index contributed by atoms with van der Waals surface area (Å²) in [6.45, 7) is 23.0. The molecule has 6 fully saturated rings. The Hall–Kier alpha value is -0.970. The molecule has 1 amide bonds. The number of aliphatic hydroxyl groups is 2. The van der Waals surface area contributed by atoms with Crippen molar-refractivity contribution in [2.75, 3.05) is 60.2 Å². The lowest BCUT2D eigenvalue weighted by Gasteiger charge is -2.64. The minimum Gasteiger partial charge on any atom is -0.446 e. The summed E-state index contributed by atoms with van der Waals surface area (Å²) in [5, 5.41) is 23.2. The Bertz CT molecular complexity index is 1220. The summed E-state index contributed by atoms with van der Waals surface area (Å²) in [5.74, 6) is 1.74. The van der Waals surface area contributed by atoms with Gasteiger partial charge in [-0.15, -0.1) is 0 Å². The largest absolute Gasteiger partial charge is 0.446 e. The van der Waals surface area contributed by atoms with Crippen molar-refractivity contribution in [3.63, 3.8) is 0 Å². The summed E-state index contributed by atoms with van der Waals surface area (Å²) in [6.07, 6.45) is 8.52. The molecule has 5 saturated carbocycles. The van der Waals surface area contributed by atoms with Gasteiger partial charge in [-0.2, -0.15) is 0 Å². The SMILES string of the molecule is CCO[C@@H](C(C[C@@H](C)[C@H]1C[C@H](O)[C@@]2(C)C3CC[C@H]4C(C)(C)[C@@H](OC(=O)N5CCN(CCOC)CC5)CC[C@@]45CC35CC[C@]12C)OC)C(C)(C)O. The Morgan fingerprint density at radius 2 is 1.62 bits per heavy atom. The zero-order chi connectivity index (χ0) is 36.5. The Kier molecular flexibility index (Phi) is 10.6. The van der Waals surface area contributed by atoms with Crippen molar-refractivity contribution in [1.82, 2.24) is 9.80 Å². The Morgan fingerprint density at radius 1 is 0.960 bits per heavy atom. The molecule has 5 aliphatic carbocycles. The van der Waals surface area contributed by atoms with Gasteiger partial charge in [0.25, 0.3) is 0 Å². The quantitative estimate of drug-likeness (QED) is 0.242. The molecule has 12 atom stereocenters. The first kappa shape index (κ1) is 38.7. The number of methoxy groups -OCH3 is 2. The van der Waals surface area contributed by atoms with Crippen molar-refractivity contribution in [2.24, 2.45) is 50.7 Å². The highest BCUT2D eigenvalue weighted by Gasteiger charge is 2.83. The van der Waals surface area contributed by atoms with Crippen LogP contribution in [0.15, 0.2) is 0 Å². The van der Waals surface area contributed by atoms with Crippen LogP contribution in [0.4, 0.5) is 4.79 Å². The van der Waals surface area contributed by atoms with Gasteiger partial charge in [-0.25, -0.2) is 4.79 Å². The average Bonchev–Trinajstić information content (AvgIpc) is 3.69. The molecule has 1 aliphatic heterocycles. The number of piperazine rings is 1. The fraction of sp³-hybridized carbons (Fsp3) is 0.976. The molecule has 50 heavy (non-hydrogen) atoms. The highest BCUT2D eigenvalue weighted by atomic mass is 16.6. The van der Waals surface area contributed by atoms with Gasteiger partial charge in [0, 0.05) is 64.4 Å². The van der Waals surface area contributed by atoms with E-state index in [9.17, 15) is 15.0 Å². The number of ether oxygens (including phenoxy) is 4. The van der Waals surface area contributed by atoms with E-state index in [1.54, 1.807) is 14.2 Å². The van der Waals surface area contributed by atoms with Gasteiger partial charge in [-0.3, -0.25) is 4.90 Å². The van der Waals surface area contributed by atoms with E-state index in [-0.39, 0.29) is 46.1 Å². The maximum Gasteiger partial charge on any atom is 0.410 e. The van der Waals surface area contributed by atoms with Crippen LogP contribution < -0.4 is 0 Å². The zero-order valence-corrected chi connectivity index (χ0v) is 33.3. The smallest absolute Gasteiger partial charge is 0.410 e. The van der Waals surface area contributed by atoms with Gasteiger partial charge in [0.15, 0.2) is 0 Å². The molecule has 9 nitrogen and oxygen atoms in total. The van der Waals surface area contributed by atoms with Gasteiger partial charge >= 0.3 is 6.09 Å². The lowest BCUT2D eigenvalue weighted by atomic mass is 9.41. The van der Waals surface area contributed by atoms with E-state index >= 15 is 0 Å². The van der Waals surface area contributed by atoms with Gasteiger partial charge in [-0.1, -0.05) is 34.6 Å². The van der Waals surface area contributed by atoms with E-state index < -0.39 is 11.7 Å². The van der Waals surface area contributed by atoms with Crippen LogP contribution >= 0.6 is 0 Å². The summed E-state index contributed by atoms with van der Waals surface area (Å²) in [6, 6.07) is 0. The normalized spacial score (nSPS) is 42.8. The van der Waals surface area contributed by atoms with E-state index in [1.807, 2.05) is 25.7 Å². The van der Waals surface area contributed by atoms with Crippen LogP contribution in [0.5, 0.6) is 0 Å². The van der Waals surface area contributed by atoms with Gasteiger partial charge in [-0.05, 0) is 118 Å². The molecule has 9 heteroatoms. The zero-order valence-electron chi connectivity index (χ0n) is 33.3. The Balaban J connectivity index is 1.15. The van der Waals surface area contributed by atoms with Crippen molar-refractivity contribution in [3.8, 4) is 0 Å². The van der Waals surface area contributed by atoms with Crippen LogP contribution in [-0.4, -0.2) is 116 Å². The van der Waals surface area contributed by atoms with Crippen molar-refractivity contribution in [3.05, 3.63) is 0 Å². The molecule has 2 N–H and O–H groups in total. The fourth-order valence-corrected chi connectivity index (χ4v) is 13.9. The third-order valence-electron chi connectivity index (χ3n) is 16.6. The number of carbonyl (C=O) groups excluding carboxylic acids is 1. The summed E-state index contributed by atoms with van der Waals surface area (Å²) in [5.41, 5.74) is -0.628. The van der Waals surface area contributed by atoms with Crippen LogP contribution in [0, 0.1) is 50.7 Å². The van der Waals surface area contributed by atoms with Crippen LogP contribution in [-0.2, 0) is 18.9 Å². The van der Waals surface area contributed by atoms with E-state index in [0.29, 0.717) is 48.8 Å². The maximum absolute atomic E-state index is 13.5. The molecule has 0 radical (unpaired) electrons. The average molecular weight is 705 g/mol. The summed E-state index contributed by atoms with van der Waals surface area (Å²) in [4.78, 5) is 17.8. The number of amides is 1. The first-order valence-corrected chi connectivity index (χ1v) is 20.2. The number of nitrogens with zero attached hydrogens (tertiary/aromatic N) is 2.